The van der Waals surface area contributed by atoms with Gasteiger partial charge in [-0.05, 0) is 55.2 Å². The molecule has 0 saturated heterocycles. The first-order valence-electron chi connectivity index (χ1n) is 12.9. The van der Waals surface area contributed by atoms with Crippen molar-refractivity contribution in [3.05, 3.63) is 52.6 Å². The maximum absolute atomic E-state index is 15.4. The van der Waals surface area contributed by atoms with Crippen molar-refractivity contribution in [1.29, 1.82) is 0 Å². The van der Waals surface area contributed by atoms with E-state index in [0.717, 1.165) is 37.8 Å². The van der Waals surface area contributed by atoms with Crippen molar-refractivity contribution in [2.75, 3.05) is 5.12 Å². The fourth-order valence-corrected chi connectivity index (χ4v) is 5.41. The van der Waals surface area contributed by atoms with E-state index in [0.29, 0.717) is 25.2 Å². The highest BCUT2D eigenvalue weighted by atomic mass is 19.3. The first kappa shape index (κ1) is 26.4. The first-order valence-corrected chi connectivity index (χ1v) is 12.9. The number of hydrogen-bond acceptors (Lipinski definition) is 3. The van der Waals surface area contributed by atoms with Crippen molar-refractivity contribution in [2.24, 2.45) is 5.92 Å². The Morgan fingerprint density at radius 1 is 0.972 bits per heavy atom. The Kier molecular flexibility index (Phi) is 7.90. The molecule has 36 heavy (non-hydrogen) atoms. The molecule has 1 heterocycles. The van der Waals surface area contributed by atoms with Crippen LogP contribution in [0.2, 0.25) is 0 Å². The minimum absolute atomic E-state index is 0.0962. The summed E-state index contributed by atoms with van der Waals surface area (Å²) in [6, 6.07) is 0.347. The molecule has 0 radical (unpaired) electrons. The van der Waals surface area contributed by atoms with Gasteiger partial charge in [-0.3, -0.25) is 0 Å². The molecule has 0 amide bonds. The molecule has 8 heteroatoms. The zero-order valence-corrected chi connectivity index (χ0v) is 20.7. The van der Waals surface area contributed by atoms with Gasteiger partial charge >= 0.3 is 12.0 Å². The number of nitrogens with zero attached hydrogens (tertiary/aromatic N) is 1. The number of esters is 1. The van der Waals surface area contributed by atoms with Gasteiger partial charge < -0.3 is 4.74 Å². The van der Waals surface area contributed by atoms with E-state index in [1.54, 1.807) is 6.92 Å². The first-order chi connectivity index (χ1) is 17.2. The number of rotatable bonds is 8. The molecule has 2 aromatic carbocycles. The Morgan fingerprint density at radius 2 is 1.67 bits per heavy atom. The summed E-state index contributed by atoms with van der Waals surface area (Å²) in [5.74, 6) is -3.14. The van der Waals surface area contributed by atoms with Crippen LogP contribution >= 0.6 is 0 Å². The largest absolute Gasteiger partial charge is 0.459 e. The van der Waals surface area contributed by atoms with Crippen molar-refractivity contribution in [3.63, 3.8) is 0 Å². The third-order valence-corrected chi connectivity index (χ3v) is 7.39. The van der Waals surface area contributed by atoms with Crippen LogP contribution < -0.4 is 5.12 Å². The number of benzene rings is 2. The highest BCUT2D eigenvalue weighted by Gasteiger charge is 2.51. The van der Waals surface area contributed by atoms with Gasteiger partial charge in [0, 0.05) is 5.56 Å². The Labute approximate surface area is 208 Å². The molecule has 1 aliphatic heterocycles. The van der Waals surface area contributed by atoms with E-state index in [9.17, 15) is 13.7 Å². The second-order valence-corrected chi connectivity index (χ2v) is 9.90. The minimum atomic E-state index is -4.51. The molecule has 1 saturated carbocycles. The fraction of sp³-hybridized carbons (Fsp3) is 0.536. The zero-order chi connectivity index (χ0) is 26.0. The van der Waals surface area contributed by atoms with Crippen molar-refractivity contribution in [2.45, 2.75) is 90.2 Å². The van der Waals surface area contributed by atoms with Gasteiger partial charge in [0.2, 0.25) is 0 Å². The summed E-state index contributed by atoms with van der Waals surface area (Å²) >= 11 is 0. The smallest absolute Gasteiger partial charge is 0.381 e. The molecule has 1 aliphatic carbocycles. The van der Waals surface area contributed by atoms with Crippen LogP contribution in [-0.4, -0.2) is 12.1 Å². The zero-order valence-electron chi connectivity index (χ0n) is 20.7. The third kappa shape index (κ3) is 4.83. The number of carbonyl (C=O) groups excluding carboxylic acids is 1. The minimum Gasteiger partial charge on any atom is -0.459 e. The Bertz CT molecular complexity index is 1110. The molecule has 3 nitrogen and oxygen atoms in total. The number of alkyl halides is 2. The SMILES string of the molecule is CCCCCC1CCC(OC(=O)c2ccc3c(c2F)C(F)(F)N(F)c2c-3ccc(CCC)c2F)CC1. The number of aryl methyl sites for hydroxylation is 1. The van der Waals surface area contributed by atoms with Crippen LogP contribution in [-0.2, 0) is 17.2 Å². The van der Waals surface area contributed by atoms with Gasteiger partial charge in [-0.25, -0.2) is 13.6 Å². The summed E-state index contributed by atoms with van der Waals surface area (Å²) in [5, 5.41) is -1.03. The van der Waals surface area contributed by atoms with Crippen LogP contribution in [0, 0.1) is 17.6 Å². The molecule has 0 bridgehead atoms. The lowest BCUT2D eigenvalue weighted by Crippen LogP contribution is -2.38. The summed E-state index contributed by atoms with van der Waals surface area (Å²) in [6.07, 6.45) is 8.05. The van der Waals surface area contributed by atoms with E-state index < -0.39 is 51.7 Å². The second kappa shape index (κ2) is 10.8. The lowest BCUT2D eigenvalue weighted by Gasteiger charge is -2.34. The Hall–Kier alpha value is -2.64. The number of carbonyl (C=O) groups is 1. The van der Waals surface area contributed by atoms with Crippen LogP contribution in [0.25, 0.3) is 11.1 Å². The number of hydrogen-bond donors (Lipinski definition) is 0. The topological polar surface area (TPSA) is 29.5 Å². The van der Waals surface area contributed by atoms with Crippen molar-refractivity contribution < 1.29 is 31.6 Å². The molecule has 2 aliphatic rings. The molecule has 0 spiro atoms. The van der Waals surface area contributed by atoms with Crippen LogP contribution in [0.1, 0.15) is 93.1 Å². The molecule has 4 rings (SSSR count). The standard InChI is InChI=1S/C28H32F5NO2/c1-3-5-6-8-17-9-12-19(13-10-17)36-27(35)22-16-15-20-21-14-11-18(7-4-2)24(29)26(21)34(33)28(31,32)23(20)25(22)30/h11,14-17,19H,3-10,12-13H2,1-2H3. The van der Waals surface area contributed by atoms with Crippen molar-refractivity contribution >= 4 is 11.7 Å². The number of ether oxygens (including phenoxy) is 1. The number of halogens is 5. The number of unbranched alkanes of at least 4 members (excludes halogenated alkanes) is 2. The van der Waals surface area contributed by atoms with E-state index in [2.05, 4.69) is 6.92 Å². The van der Waals surface area contributed by atoms with E-state index in [-0.39, 0.29) is 23.1 Å². The summed E-state index contributed by atoms with van der Waals surface area (Å²) < 4.78 is 80.9. The molecule has 196 valence electrons. The molecular formula is C28H32F5NO2. The highest BCUT2D eigenvalue weighted by Crippen LogP contribution is 2.52. The number of fused-ring (bicyclic) bond motifs is 3. The van der Waals surface area contributed by atoms with Gasteiger partial charge in [0.15, 0.2) is 5.82 Å². The normalized spacial score (nSPS) is 20.6. The average molecular weight is 510 g/mol. The Morgan fingerprint density at radius 3 is 2.33 bits per heavy atom. The van der Waals surface area contributed by atoms with Crippen molar-refractivity contribution in [1.82, 2.24) is 0 Å². The number of anilines is 1. The summed E-state index contributed by atoms with van der Waals surface area (Å²) in [7, 11) is 0. The lowest BCUT2D eigenvalue weighted by molar-refractivity contribution is -0.0523. The molecule has 0 atom stereocenters. The van der Waals surface area contributed by atoms with Gasteiger partial charge in [0.05, 0.1) is 11.1 Å². The average Bonchev–Trinajstić information content (AvgIpc) is 2.85. The maximum Gasteiger partial charge on any atom is 0.381 e. The molecular weight excluding hydrogens is 477 g/mol. The van der Waals surface area contributed by atoms with E-state index >= 15 is 13.2 Å². The summed E-state index contributed by atoms with van der Waals surface area (Å²) in [4.78, 5) is 12.7. The third-order valence-electron chi connectivity index (χ3n) is 7.39. The van der Waals surface area contributed by atoms with Crippen LogP contribution in [0.3, 0.4) is 0 Å². The predicted octanol–water partition coefficient (Wildman–Crippen LogP) is 8.63. The quantitative estimate of drug-likeness (QED) is 0.117. The maximum atomic E-state index is 15.4. The molecule has 0 N–H and O–H groups in total. The van der Waals surface area contributed by atoms with Gasteiger partial charge in [-0.1, -0.05) is 68.6 Å². The van der Waals surface area contributed by atoms with Crippen molar-refractivity contribution in [3.8, 4) is 11.1 Å². The highest BCUT2D eigenvalue weighted by molar-refractivity contribution is 5.93. The fourth-order valence-electron chi connectivity index (χ4n) is 5.41. The molecule has 0 unspecified atom stereocenters. The van der Waals surface area contributed by atoms with Crippen LogP contribution in [0.15, 0.2) is 24.3 Å². The van der Waals surface area contributed by atoms with Crippen LogP contribution in [0.5, 0.6) is 0 Å². The molecule has 0 aromatic heterocycles. The molecule has 1 fully saturated rings. The van der Waals surface area contributed by atoms with Gasteiger partial charge in [-0.2, -0.15) is 8.78 Å². The lowest BCUT2D eigenvalue weighted by atomic mass is 9.84. The second-order valence-electron chi connectivity index (χ2n) is 9.90. The van der Waals surface area contributed by atoms with Gasteiger partial charge in [-0.15, -0.1) is 5.12 Å². The van der Waals surface area contributed by atoms with E-state index in [1.165, 1.54) is 25.0 Å². The van der Waals surface area contributed by atoms with Gasteiger partial charge in [0.25, 0.3) is 0 Å². The van der Waals surface area contributed by atoms with E-state index in [1.807, 2.05) is 0 Å². The monoisotopic (exact) mass is 509 g/mol. The van der Waals surface area contributed by atoms with E-state index in [4.69, 9.17) is 4.74 Å². The predicted molar refractivity (Wildman–Crippen MR) is 129 cm³/mol. The van der Waals surface area contributed by atoms with Gasteiger partial charge in [0.1, 0.15) is 17.6 Å². The van der Waals surface area contributed by atoms with Crippen LogP contribution in [0.4, 0.5) is 27.7 Å². The summed E-state index contributed by atoms with van der Waals surface area (Å²) in [6.45, 7) is 3.93. The molecule has 2 aromatic rings. The Balaban J connectivity index is 1.58. The summed E-state index contributed by atoms with van der Waals surface area (Å²) in [5.41, 5.74) is -3.36.